The maximum Gasteiger partial charge on any atom is 0.332 e. The minimum atomic E-state index is -0.375. The van der Waals surface area contributed by atoms with Crippen LogP contribution in [0.15, 0.2) is 15.9 Å². The first-order valence-corrected chi connectivity index (χ1v) is 8.51. The van der Waals surface area contributed by atoms with Crippen molar-refractivity contribution >= 4 is 22.8 Å². The Morgan fingerprint density at radius 1 is 1.29 bits per heavy atom. The average molecular weight is 355 g/mol. The van der Waals surface area contributed by atoms with Crippen molar-refractivity contribution in [3.63, 3.8) is 0 Å². The van der Waals surface area contributed by atoms with E-state index in [-0.39, 0.29) is 28.8 Å². The first-order chi connectivity index (χ1) is 11.3. The maximum atomic E-state index is 12.6. The van der Waals surface area contributed by atoms with Crippen LogP contribution < -0.4 is 16.6 Å². The minimum Gasteiger partial charge on any atom is -0.314 e. The minimum absolute atomic E-state index is 0.0257. The highest BCUT2D eigenvalue weighted by molar-refractivity contribution is 6.20. The number of rotatable bonds is 3. The molecule has 3 rings (SSSR count). The van der Waals surface area contributed by atoms with Gasteiger partial charge < -0.3 is 9.88 Å². The second kappa shape index (κ2) is 6.34. The molecule has 0 saturated carbocycles. The molecule has 8 nitrogen and oxygen atoms in total. The van der Waals surface area contributed by atoms with Gasteiger partial charge >= 0.3 is 5.69 Å². The molecular formula is C15H23ClN6O2. The third-order valence-corrected chi connectivity index (χ3v) is 5.20. The summed E-state index contributed by atoms with van der Waals surface area (Å²) in [6.45, 7) is 6.51. The summed E-state index contributed by atoms with van der Waals surface area (Å²) < 4.78 is 4.36. The van der Waals surface area contributed by atoms with E-state index in [1.165, 1.54) is 11.6 Å². The normalized spacial score (nSPS) is 22.0. The lowest BCUT2D eigenvalue weighted by molar-refractivity contribution is 0.0775. The van der Waals surface area contributed by atoms with Gasteiger partial charge in [0.15, 0.2) is 11.2 Å². The third kappa shape index (κ3) is 2.58. The van der Waals surface area contributed by atoms with Crippen LogP contribution in [0.1, 0.15) is 20.0 Å². The average Bonchev–Trinajstić information content (AvgIpc) is 3.02. The van der Waals surface area contributed by atoms with Crippen LogP contribution >= 0.6 is 11.6 Å². The summed E-state index contributed by atoms with van der Waals surface area (Å²) >= 11 is 6.36. The van der Waals surface area contributed by atoms with E-state index in [1.807, 2.05) is 18.4 Å². The van der Waals surface area contributed by atoms with Gasteiger partial charge in [0.2, 0.25) is 0 Å². The van der Waals surface area contributed by atoms with Gasteiger partial charge in [-0.05, 0) is 13.8 Å². The molecule has 0 bridgehead atoms. The molecule has 9 heteroatoms. The van der Waals surface area contributed by atoms with Crippen molar-refractivity contribution in [1.82, 2.24) is 28.9 Å². The van der Waals surface area contributed by atoms with Gasteiger partial charge in [-0.3, -0.25) is 18.8 Å². The molecule has 0 aliphatic carbocycles. The van der Waals surface area contributed by atoms with Gasteiger partial charge in [0.1, 0.15) is 0 Å². The Balaban J connectivity index is 2.12. The molecule has 3 unspecified atom stereocenters. The molecule has 0 amide bonds. The molecule has 2 aromatic heterocycles. The number of aryl methyl sites for hydroxylation is 1. The van der Waals surface area contributed by atoms with Crippen molar-refractivity contribution in [1.29, 1.82) is 0 Å². The molecule has 24 heavy (non-hydrogen) atoms. The highest BCUT2D eigenvalue weighted by Crippen LogP contribution is 2.23. The number of halogens is 1. The SMILES string of the molecule is CC(Cl)C1CNCCN1C(C)n1cnc2c1c(=O)n(C)c(=O)n2C. The fraction of sp³-hybridized carbons (Fsp3) is 0.667. The van der Waals surface area contributed by atoms with Gasteiger partial charge in [0.25, 0.3) is 5.56 Å². The number of piperazine rings is 1. The largest absolute Gasteiger partial charge is 0.332 e. The number of imidazole rings is 1. The van der Waals surface area contributed by atoms with Crippen molar-refractivity contribution in [3.05, 3.63) is 27.2 Å². The van der Waals surface area contributed by atoms with Crippen molar-refractivity contribution in [2.75, 3.05) is 19.6 Å². The summed E-state index contributed by atoms with van der Waals surface area (Å²) in [6, 6.07) is 0.157. The molecule has 3 heterocycles. The molecule has 0 radical (unpaired) electrons. The first-order valence-electron chi connectivity index (χ1n) is 8.07. The Hall–Kier alpha value is -1.64. The second-order valence-corrected chi connectivity index (χ2v) is 7.04. The van der Waals surface area contributed by atoms with Crippen molar-refractivity contribution < 1.29 is 0 Å². The van der Waals surface area contributed by atoms with E-state index in [9.17, 15) is 9.59 Å². The first kappa shape index (κ1) is 17.2. The quantitative estimate of drug-likeness (QED) is 0.776. The fourth-order valence-electron chi connectivity index (χ4n) is 3.44. The zero-order valence-corrected chi connectivity index (χ0v) is 15.1. The number of hydrogen-bond donors (Lipinski definition) is 1. The third-order valence-electron chi connectivity index (χ3n) is 4.91. The van der Waals surface area contributed by atoms with Crippen LogP contribution in [-0.2, 0) is 14.1 Å². The van der Waals surface area contributed by atoms with Crippen molar-refractivity contribution in [3.8, 4) is 0 Å². The van der Waals surface area contributed by atoms with Gasteiger partial charge in [-0.2, -0.15) is 0 Å². The Morgan fingerprint density at radius 2 is 2.00 bits per heavy atom. The predicted octanol–water partition coefficient (Wildman–Crippen LogP) is -0.147. The number of nitrogens with zero attached hydrogens (tertiary/aromatic N) is 5. The molecule has 0 aromatic carbocycles. The van der Waals surface area contributed by atoms with Crippen molar-refractivity contribution in [2.24, 2.45) is 14.1 Å². The number of fused-ring (bicyclic) bond motifs is 1. The highest BCUT2D eigenvalue weighted by atomic mass is 35.5. The van der Waals surface area contributed by atoms with E-state index in [4.69, 9.17) is 11.6 Å². The standard InChI is InChI=1S/C15H23ClN6O2/c1-9(16)11-7-17-5-6-21(11)10(2)22-8-18-13-12(22)14(23)20(4)15(24)19(13)3/h8-11,17H,5-7H2,1-4H3. The Morgan fingerprint density at radius 3 is 2.67 bits per heavy atom. The fourth-order valence-corrected chi connectivity index (χ4v) is 3.67. The van der Waals surface area contributed by atoms with E-state index in [0.29, 0.717) is 11.2 Å². The number of aromatic nitrogens is 4. The zero-order chi connectivity index (χ0) is 17.6. The monoisotopic (exact) mass is 354 g/mol. The zero-order valence-electron chi connectivity index (χ0n) is 14.4. The van der Waals surface area contributed by atoms with E-state index < -0.39 is 0 Å². The van der Waals surface area contributed by atoms with Gasteiger partial charge in [0.05, 0.1) is 12.5 Å². The van der Waals surface area contributed by atoms with Crippen LogP contribution in [0.5, 0.6) is 0 Å². The second-order valence-electron chi connectivity index (χ2n) is 6.35. The summed E-state index contributed by atoms with van der Waals surface area (Å²) in [7, 11) is 3.11. The van der Waals surface area contributed by atoms with Gasteiger partial charge in [-0.1, -0.05) is 0 Å². The molecule has 1 saturated heterocycles. The van der Waals surface area contributed by atoms with E-state index in [2.05, 4.69) is 15.2 Å². The lowest BCUT2D eigenvalue weighted by atomic mass is 10.1. The lowest BCUT2D eigenvalue weighted by Gasteiger charge is -2.41. The summed E-state index contributed by atoms with van der Waals surface area (Å²) in [5, 5.41) is 3.33. The van der Waals surface area contributed by atoms with Crippen LogP contribution in [0.4, 0.5) is 0 Å². The van der Waals surface area contributed by atoms with Crippen LogP contribution in [0.2, 0.25) is 0 Å². The summed E-state index contributed by atoms with van der Waals surface area (Å²) in [5.74, 6) is 0. The van der Waals surface area contributed by atoms with E-state index in [1.54, 1.807) is 13.4 Å². The van der Waals surface area contributed by atoms with Crippen LogP contribution in [-0.4, -0.2) is 54.6 Å². The summed E-state index contributed by atoms with van der Waals surface area (Å²) in [5.41, 5.74) is 0.134. The molecule has 3 atom stereocenters. The molecule has 1 aliphatic rings. The summed E-state index contributed by atoms with van der Waals surface area (Å²) in [4.78, 5) is 31.3. The highest BCUT2D eigenvalue weighted by Gasteiger charge is 2.31. The Bertz CT molecular complexity index is 867. The number of nitrogens with one attached hydrogen (secondary N) is 1. The topological polar surface area (TPSA) is 77.1 Å². The van der Waals surface area contributed by atoms with E-state index in [0.717, 1.165) is 24.2 Å². The predicted molar refractivity (Wildman–Crippen MR) is 93.6 cm³/mol. The Labute approximate surface area is 144 Å². The molecule has 1 N–H and O–H groups in total. The number of hydrogen-bond acceptors (Lipinski definition) is 5. The van der Waals surface area contributed by atoms with Gasteiger partial charge in [0, 0.05) is 45.1 Å². The van der Waals surface area contributed by atoms with Crippen LogP contribution in [0.25, 0.3) is 11.2 Å². The molecular weight excluding hydrogens is 332 g/mol. The van der Waals surface area contributed by atoms with Crippen molar-refractivity contribution in [2.45, 2.75) is 31.4 Å². The van der Waals surface area contributed by atoms with Crippen LogP contribution in [0, 0.1) is 0 Å². The molecule has 0 spiro atoms. The molecule has 1 fully saturated rings. The van der Waals surface area contributed by atoms with Crippen LogP contribution in [0.3, 0.4) is 0 Å². The molecule has 2 aromatic rings. The van der Waals surface area contributed by atoms with Gasteiger partial charge in [-0.15, -0.1) is 11.6 Å². The van der Waals surface area contributed by atoms with Gasteiger partial charge in [-0.25, -0.2) is 9.78 Å². The Kier molecular flexibility index (Phi) is 4.54. The summed E-state index contributed by atoms with van der Waals surface area (Å²) in [6.07, 6.45) is 1.54. The lowest BCUT2D eigenvalue weighted by Crippen LogP contribution is -2.56. The molecule has 132 valence electrons. The molecule has 1 aliphatic heterocycles. The maximum absolute atomic E-state index is 12.6. The smallest absolute Gasteiger partial charge is 0.314 e. The van der Waals surface area contributed by atoms with E-state index >= 15 is 0 Å². The number of alkyl halides is 1.